The molecule has 0 bridgehead atoms. The van der Waals surface area contributed by atoms with Gasteiger partial charge in [-0.05, 0) is 18.8 Å². The van der Waals surface area contributed by atoms with Gasteiger partial charge in [-0.25, -0.2) is 4.98 Å². The van der Waals surface area contributed by atoms with Crippen molar-refractivity contribution in [3.8, 4) is 11.8 Å². The Morgan fingerprint density at radius 2 is 2.36 bits per heavy atom. The molecule has 0 saturated carbocycles. The minimum Gasteiger partial charge on any atom is -0.289 e. The monoisotopic (exact) mass is 146 g/mol. The molecule has 54 valence electrons. The molecule has 0 aliphatic carbocycles. The van der Waals surface area contributed by atoms with Crippen LogP contribution < -0.4 is 0 Å². The molecule has 0 spiro atoms. The smallest absolute Gasteiger partial charge is 0.193 e. The van der Waals surface area contributed by atoms with E-state index in [9.17, 15) is 4.79 Å². The molecule has 0 amide bonds. The second-order valence-corrected chi connectivity index (χ2v) is 1.93. The number of aldehydes is 1. The third-order valence-corrected chi connectivity index (χ3v) is 1.01. The van der Waals surface area contributed by atoms with Crippen LogP contribution >= 0.6 is 0 Å². The fourth-order valence-corrected chi connectivity index (χ4v) is 0.627. The SMILES string of the molecule is Cc1cncc(C#CC=O)n1. The summed E-state index contributed by atoms with van der Waals surface area (Å²) < 4.78 is 0. The van der Waals surface area contributed by atoms with Crippen molar-refractivity contribution in [1.29, 1.82) is 0 Å². The number of aromatic nitrogens is 2. The summed E-state index contributed by atoms with van der Waals surface area (Å²) in [7, 11) is 0. The molecule has 3 heteroatoms. The summed E-state index contributed by atoms with van der Waals surface area (Å²) in [6, 6.07) is 0. The van der Waals surface area contributed by atoms with E-state index >= 15 is 0 Å². The second-order valence-electron chi connectivity index (χ2n) is 1.93. The van der Waals surface area contributed by atoms with Crippen LogP contribution in [0.3, 0.4) is 0 Å². The van der Waals surface area contributed by atoms with Gasteiger partial charge in [0.25, 0.3) is 0 Å². The lowest BCUT2D eigenvalue weighted by Gasteiger charge is -1.89. The maximum absolute atomic E-state index is 9.84. The van der Waals surface area contributed by atoms with Crippen molar-refractivity contribution in [3.05, 3.63) is 23.8 Å². The summed E-state index contributed by atoms with van der Waals surface area (Å²) in [5.74, 6) is 4.80. The molecule has 1 heterocycles. The van der Waals surface area contributed by atoms with Crippen LogP contribution in [0.25, 0.3) is 0 Å². The maximum atomic E-state index is 9.84. The largest absolute Gasteiger partial charge is 0.289 e. The van der Waals surface area contributed by atoms with Crippen molar-refractivity contribution in [2.24, 2.45) is 0 Å². The Morgan fingerprint density at radius 1 is 1.55 bits per heavy atom. The van der Waals surface area contributed by atoms with E-state index in [2.05, 4.69) is 21.8 Å². The highest BCUT2D eigenvalue weighted by Gasteiger charge is 1.87. The normalized spacial score (nSPS) is 8.09. The van der Waals surface area contributed by atoms with E-state index in [4.69, 9.17) is 0 Å². The van der Waals surface area contributed by atoms with Crippen LogP contribution in [0, 0.1) is 18.8 Å². The van der Waals surface area contributed by atoms with Crippen molar-refractivity contribution in [2.45, 2.75) is 6.92 Å². The average molecular weight is 146 g/mol. The quantitative estimate of drug-likeness (QED) is 0.391. The fourth-order valence-electron chi connectivity index (χ4n) is 0.627. The molecule has 0 aromatic carbocycles. The molecular formula is C8H6N2O. The molecule has 0 radical (unpaired) electrons. The van der Waals surface area contributed by atoms with Gasteiger partial charge in [0.2, 0.25) is 0 Å². The van der Waals surface area contributed by atoms with Gasteiger partial charge in [-0.2, -0.15) is 0 Å². The van der Waals surface area contributed by atoms with Gasteiger partial charge in [0, 0.05) is 6.20 Å². The van der Waals surface area contributed by atoms with Crippen LogP contribution in [0.2, 0.25) is 0 Å². The predicted molar refractivity (Wildman–Crippen MR) is 39.7 cm³/mol. The van der Waals surface area contributed by atoms with Gasteiger partial charge in [-0.1, -0.05) is 0 Å². The van der Waals surface area contributed by atoms with E-state index in [1.54, 1.807) is 6.20 Å². The molecule has 0 aliphatic heterocycles. The van der Waals surface area contributed by atoms with Crippen LogP contribution in [-0.2, 0) is 4.79 Å². The van der Waals surface area contributed by atoms with E-state index in [1.807, 2.05) is 6.92 Å². The molecule has 1 aromatic heterocycles. The van der Waals surface area contributed by atoms with Crippen molar-refractivity contribution >= 4 is 6.29 Å². The minimum atomic E-state index is 0.525. The van der Waals surface area contributed by atoms with Crippen molar-refractivity contribution < 1.29 is 4.79 Å². The number of hydrogen-bond donors (Lipinski definition) is 0. The van der Waals surface area contributed by atoms with Crippen molar-refractivity contribution in [1.82, 2.24) is 9.97 Å². The van der Waals surface area contributed by atoms with Gasteiger partial charge in [-0.15, -0.1) is 0 Å². The van der Waals surface area contributed by atoms with Crippen LogP contribution in [0.4, 0.5) is 0 Å². The molecule has 0 unspecified atom stereocenters. The second kappa shape index (κ2) is 3.47. The molecule has 3 nitrogen and oxygen atoms in total. The molecular weight excluding hydrogens is 140 g/mol. The number of carbonyl (C=O) groups is 1. The first kappa shape index (κ1) is 7.42. The summed E-state index contributed by atoms with van der Waals surface area (Å²) in [5.41, 5.74) is 1.32. The third kappa shape index (κ3) is 2.18. The highest BCUT2D eigenvalue weighted by Crippen LogP contribution is 1.90. The average Bonchev–Trinajstić information content (AvgIpc) is 2.01. The van der Waals surface area contributed by atoms with E-state index < -0.39 is 0 Å². The minimum absolute atomic E-state index is 0.525. The van der Waals surface area contributed by atoms with E-state index in [1.165, 1.54) is 6.20 Å². The lowest BCUT2D eigenvalue weighted by molar-refractivity contribution is -0.103. The molecule has 0 N–H and O–H groups in total. The Morgan fingerprint density at radius 3 is 3.00 bits per heavy atom. The number of hydrogen-bond acceptors (Lipinski definition) is 3. The third-order valence-electron chi connectivity index (χ3n) is 1.01. The van der Waals surface area contributed by atoms with Crippen LogP contribution in [0.15, 0.2) is 12.4 Å². The van der Waals surface area contributed by atoms with Crippen LogP contribution in [0.5, 0.6) is 0 Å². The summed E-state index contributed by atoms with van der Waals surface area (Å²) in [5, 5.41) is 0. The highest BCUT2D eigenvalue weighted by atomic mass is 16.1. The summed E-state index contributed by atoms with van der Waals surface area (Å²) in [4.78, 5) is 17.7. The first-order valence-electron chi connectivity index (χ1n) is 3.07. The number of carbonyl (C=O) groups excluding carboxylic acids is 1. The van der Waals surface area contributed by atoms with Gasteiger partial charge >= 0.3 is 0 Å². The zero-order valence-corrected chi connectivity index (χ0v) is 6.03. The molecule has 0 aliphatic rings. The standard InChI is InChI=1S/C8H6N2O/c1-7-5-9-6-8(10-7)3-2-4-11/h4-6H,1H3. The molecule has 1 aromatic rings. The molecule has 0 atom stereocenters. The van der Waals surface area contributed by atoms with E-state index in [-0.39, 0.29) is 0 Å². The van der Waals surface area contributed by atoms with E-state index in [0.717, 1.165) is 5.69 Å². The van der Waals surface area contributed by atoms with Crippen LogP contribution in [-0.4, -0.2) is 16.3 Å². The Kier molecular flexibility index (Phi) is 2.34. The Labute approximate surface area is 64.5 Å². The topological polar surface area (TPSA) is 42.9 Å². The molecule has 0 saturated heterocycles. The van der Waals surface area contributed by atoms with E-state index in [0.29, 0.717) is 12.0 Å². The lowest BCUT2D eigenvalue weighted by Crippen LogP contribution is -1.87. The summed E-state index contributed by atoms with van der Waals surface area (Å²) in [6.07, 6.45) is 3.68. The number of nitrogens with zero attached hydrogens (tertiary/aromatic N) is 2. The van der Waals surface area contributed by atoms with Crippen molar-refractivity contribution in [2.75, 3.05) is 0 Å². The summed E-state index contributed by atoms with van der Waals surface area (Å²) in [6.45, 7) is 1.82. The Hall–Kier alpha value is -1.69. The first-order valence-corrected chi connectivity index (χ1v) is 3.07. The lowest BCUT2D eigenvalue weighted by atomic mass is 10.4. The first-order chi connectivity index (χ1) is 5.33. The Bertz CT molecular complexity index is 322. The van der Waals surface area contributed by atoms with Gasteiger partial charge in [0.15, 0.2) is 6.29 Å². The van der Waals surface area contributed by atoms with Gasteiger partial charge in [0.1, 0.15) is 5.69 Å². The molecule has 0 fully saturated rings. The van der Waals surface area contributed by atoms with Gasteiger partial charge in [-0.3, -0.25) is 9.78 Å². The number of rotatable bonds is 0. The summed E-state index contributed by atoms with van der Waals surface area (Å²) >= 11 is 0. The highest BCUT2D eigenvalue weighted by molar-refractivity contribution is 5.73. The maximum Gasteiger partial charge on any atom is 0.193 e. The van der Waals surface area contributed by atoms with Crippen molar-refractivity contribution in [3.63, 3.8) is 0 Å². The van der Waals surface area contributed by atoms with Gasteiger partial charge < -0.3 is 0 Å². The molecule has 1 rings (SSSR count). The zero-order chi connectivity index (χ0) is 8.10. The Balaban J connectivity index is 2.96. The van der Waals surface area contributed by atoms with Crippen LogP contribution in [0.1, 0.15) is 11.4 Å². The fraction of sp³-hybridized carbons (Fsp3) is 0.125. The predicted octanol–water partition coefficient (Wildman–Crippen LogP) is 0.335. The molecule has 11 heavy (non-hydrogen) atoms. The number of aryl methyl sites for hydroxylation is 1. The zero-order valence-electron chi connectivity index (χ0n) is 6.03. The van der Waals surface area contributed by atoms with Gasteiger partial charge in [0.05, 0.1) is 11.9 Å².